The van der Waals surface area contributed by atoms with Crippen molar-refractivity contribution in [1.29, 1.82) is 0 Å². The van der Waals surface area contributed by atoms with Crippen molar-refractivity contribution in [2.75, 3.05) is 20.3 Å². The van der Waals surface area contributed by atoms with Crippen molar-refractivity contribution in [2.45, 2.75) is 70.6 Å². The van der Waals surface area contributed by atoms with Crippen molar-refractivity contribution >= 4 is 5.97 Å². The van der Waals surface area contributed by atoms with E-state index in [-0.39, 0.29) is 6.04 Å². The molecule has 20 heavy (non-hydrogen) atoms. The zero-order valence-electron chi connectivity index (χ0n) is 13.5. The molecule has 0 aliphatic heterocycles. The summed E-state index contributed by atoms with van der Waals surface area (Å²) in [5.74, 6) is -0.758. The summed E-state index contributed by atoms with van der Waals surface area (Å²) in [6.45, 7) is 9.69. The highest BCUT2D eigenvalue weighted by Crippen LogP contribution is 2.26. The van der Waals surface area contributed by atoms with E-state index >= 15 is 0 Å². The van der Waals surface area contributed by atoms with Crippen LogP contribution in [0, 0.1) is 0 Å². The van der Waals surface area contributed by atoms with Crippen LogP contribution < -0.4 is 5.32 Å². The fourth-order valence-electron chi connectivity index (χ4n) is 2.99. The zero-order valence-corrected chi connectivity index (χ0v) is 13.5. The number of rotatable bonds is 10. The number of likely N-dealkylation sites (N-methyl/N-ethyl adjacent to an activating group) is 1. The van der Waals surface area contributed by atoms with E-state index in [0.29, 0.717) is 25.1 Å². The minimum Gasteiger partial charge on any atom is -0.480 e. The second-order valence-electron chi connectivity index (χ2n) is 6.24. The number of nitrogens with zero attached hydrogens (tertiary/aromatic N) is 1. The molecule has 0 saturated heterocycles. The minimum atomic E-state index is -0.846. The van der Waals surface area contributed by atoms with Gasteiger partial charge in [0, 0.05) is 25.2 Å². The maximum atomic E-state index is 11.6. The first kappa shape index (κ1) is 17.4. The Balaban J connectivity index is 2.67. The molecule has 118 valence electrons. The molecule has 0 aromatic heterocycles. The van der Waals surface area contributed by atoms with Crippen molar-refractivity contribution in [3.8, 4) is 0 Å². The molecule has 1 fully saturated rings. The van der Waals surface area contributed by atoms with E-state index in [1.54, 1.807) is 14.0 Å². The van der Waals surface area contributed by atoms with Crippen LogP contribution in [0.15, 0.2) is 0 Å². The molecule has 1 aliphatic rings. The van der Waals surface area contributed by atoms with Gasteiger partial charge in [-0.25, -0.2) is 0 Å². The number of hydrogen-bond donors (Lipinski definition) is 2. The second kappa shape index (κ2) is 7.38. The monoisotopic (exact) mass is 286 g/mol. The SMILES string of the molecule is CCN(C(C)COC)C(C)CC(C)(NC1CC1)C(=O)O. The topological polar surface area (TPSA) is 61.8 Å². The number of carbonyl (C=O) groups is 1. The van der Waals surface area contributed by atoms with Crippen LogP contribution in [0.25, 0.3) is 0 Å². The Morgan fingerprint density at radius 1 is 1.45 bits per heavy atom. The van der Waals surface area contributed by atoms with Gasteiger partial charge in [-0.3, -0.25) is 15.0 Å². The first-order chi connectivity index (χ1) is 9.34. The Kier molecular flexibility index (Phi) is 6.43. The molecule has 0 heterocycles. The number of hydrogen-bond acceptors (Lipinski definition) is 4. The van der Waals surface area contributed by atoms with Gasteiger partial charge in [0.05, 0.1) is 6.61 Å². The van der Waals surface area contributed by atoms with Gasteiger partial charge in [0.25, 0.3) is 0 Å². The molecule has 0 bridgehead atoms. The normalized spacial score (nSPS) is 21.5. The average molecular weight is 286 g/mol. The zero-order chi connectivity index (χ0) is 15.3. The first-order valence-corrected chi connectivity index (χ1v) is 7.59. The van der Waals surface area contributed by atoms with E-state index in [0.717, 1.165) is 19.4 Å². The number of aliphatic carboxylic acids is 1. The van der Waals surface area contributed by atoms with Gasteiger partial charge in [0.15, 0.2) is 0 Å². The fourth-order valence-corrected chi connectivity index (χ4v) is 2.99. The van der Waals surface area contributed by atoms with Gasteiger partial charge in [-0.05, 0) is 46.6 Å². The van der Waals surface area contributed by atoms with Crippen molar-refractivity contribution in [3.63, 3.8) is 0 Å². The van der Waals surface area contributed by atoms with Gasteiger partial charge >= 0.3 is 5.97 Å². The molecule has 5 heteroatoms. The largest absolute Gasteiger partial charge is 0.480 e. The van der Waals surface area contributed by atoms with Crippen LogP contribution >= 0.6 is 0 Å². The molecule has 1 rings (SSSR count). The number of carboxylic acid groups (broad SMARTS) is 1. The molecule has 5 nitrogen and oxygen atoms in total. The summed E-state index contributed by atoms with van der Waals surface area (Å²) in [5, 5.41) is 12.8. The molecule has 0 radical (unpaired) electrons. The van der Waals surface area contributed by atoms with Gasteiger partial charge in [0.1, 0.15) is 5.54 Å². The molecule has 3 unspecified atom stereocenters. The van der Waals surface area contributed by atoms with E-state index in [4.69, 9.17) is 4.74 Å². The molecular formula is C15H30N2O3. The molecule has 1 aliphatic carbocycles. The van der Waals surface area contributed by atoms with Crippen molar-refractivity contribution in [1.82, 2.24) is 10.2 Å². The second-order valence-corrected chi connectivity index (χ2v) is 6.24. The molecule has 2 N–H and O–H groups in total. The quantitative estimate of drug-likeness (QED) is 0.640. The van der Waals surface area contributed by atoms with Crippen LogP contribution in [0.2, 0.25) is 0 Å². The van der Waals surface area contributed by atoms with Crippen LogP contribution in [0.4, 0.5) is 0 Å². The first-order valence-electron chi connectivity index (χ1n) is 7.59. The smallest absolute Gasteiger partial charge is 0.323 e. The third-order valence-corrected chi connectivity index (χ3v) is 4.18. The van der Waals surface area contributed by atoms with Crippen molar-refractivity contribution in [2.24, 2.45) is 0 Å². The summed E-state index contributed by atoms with van der Waals surface area (Å²) in [7, 11) is 1.70. The lowest BCUT2D eigenvalue weighted by molar-refractivity contribution is -0.145. The predicted octanol–water partition coefficient (Wildman–Crippen LogP) is 1.72. The average Bonchev–Trinajstić information content (AvgIpc) is 3.13. The number of ether oxygens (including phenoxy) is 1. The Labute approximate surface area is 122 Å². The lowest BCUT2D eigenvalue weighted by Gasteiger charge is -2.38. The molecule has 0 amide bonds. The van der Waals surface area contributed by atoms with Crippen LogP contribution in [0.5, 0.6) is 0 Å². The van der Waals surface area contributed by atoms with E-state index in [1.807, 2.05) is 0 Å². The molecule has 0 aromatic rings. The van der Waals surface area contributed by atoms with Gasteiger partial charge in [-0.2, -0.15) is 0 Å². The van der Waals surface area contributed by atoms with Gasteiger partial charge in [-0.1, -0.05) is 6.92 Å². The minimum absolute atomic E-state index is 0.192. The van der Waals surface area contributed by atoms with E-state index in [9.17, 15) is 9.90 Å². The molecule has 1 saturated carbocycles. The summed E-state index contributed by atoms with van der Waals surface area (Å²) in [6, 6.07) is 0.867. The van der Waals surface area contributed by atoms with E-state index in [2.05, 4.69) is 31.0 Å². The molecule has 0 aromatic carbocycles. The fraction of sp³-hybridized carbons (Fsp3) is 0.933. The van der Waals surface area contributed by atoms with E-state index < -0.39 is 11.5 Å². The summed E-state index contributed by atoms with van der Waals surface area (Å²) in [6.07, 6.45) is 2.78. The van der Waals surface area contributed by atoms with Crippen molar-refractivity contribution in [3.05, 3.63) is 0 Å². The van der Waals surface area contributed by atoms with Crippen molar-refractivity contribution < 1.29 is 14.6 Å². The molecule has 0 spiro atoms. The van der Waals surface area contributed by atoms with Crippen LogP contribution in [0.1, 0.15) is 47.0 Å². The Hall–Kier alpha value is -0.650. The Morgan fingerprint density at radius 2 is 2.05 bits per heavy atom. The lowest BCUT2D eigenvalue weighted by atomic mass is 9.92. The van der Waals surface area contributed by atoms with Gasteiger partial charge < -0.3 is 9.84 Å². The third kappa shape index (κ3) is 4.72. The Bertz CT molecular complexity index is 320. The number of methoxy groups -OCH3 is 1. The van der Waals surface area contributed by atoms with Gasteiger partial charge in [-0.15, -0.1) is 0 Å². The number of nitrogens with one attached hydrogen (secondary N) is 1. The highest BCUT2D eigenvalue weighted by atomic mass is 16.5. The lowest BCUT2D eigenvalue weighted by Crippen LogP contribution is -2.55. The summed E-state index contributed by atoms with van der Waals surface area (Å²) < 4.78 is 5.22. The summed E-state index contributed by atoms with van der Waals surface area (Å²) in [4.78, 5) is 13.9. The molecular weight excluding hydrogens is 256 g/mol. The number of carboxylic acids is 1. The third-order valence-electron chi connectivity index (χ3n) is 4.18. The predicted molar refractivity (Wildman–Crippen MR) is 80.0 cm³/mol. The Morgan fingerprint density at radius 3 is 2.45 bits per heavy atom. The van der Waals surface area contributed by atoms with Gasteiger partial charge in [0.2, 0.25) is 0 Å². The molecule has 3 atom stereocenters. The maximum absolute atomic E-state index is 11.6. The van der Waals surface area contributed by atoms with Crippen LogP contribution in [0.3, 0.4) is 0 Å². The maximum Gasteiger partial charge on any atom is 0.323 e. The highest BCUT2D eigenvalue weighted by Gasteiger charge is 2.40. The summed E-state index contributed by atoms with van der Waals surface area (Å²) >= 11 is 0. The highest BCUT2D eigenvalue weighted by molar-refractivity contribution is 5.78. The van der Waals surface area contributed by atoms with Crippen LogP contribution in [-0.4, -0.2) is 59.9 Å². The van der Waals surface area contributed by atoms with E-state index in [1.165, 1.54) is 0 Å². The van der Waals surface area contributed by atoms with Crippen LogP contribution in [-0.2, 0) is 9.53 Å². The standard InChI is InChI=1S/C15H30N2O3/c1-6-17(12(3)10-20-5)11(2)9-15(4,14(18)19)16-13-7-8-13/h11-13,16H,6-10H2,1-5H3,(H,18,19). The summed E-state index contributed by atoms with van der Waals surface area (Å²) in [5.41, 5.74) is -0.846.